The number of isocyanates is 2. The third-order valence-corrected chi connectivity index (χ3v) is 3.11. The molecule has 0 aliphatic carbocycles. The molecule has 7 heteroatoms. The molecule has 0 unspecified atom stereocenters. The van der Waals surface area contributed by atoms with Crippen LogP contribution in [0.2, 0.25) is 15.1 Å². The molecule has 4 nitrogen and oxygen atoms in total. The Morgan fingerprint density at radius 1 is 0.875 bits per heavy atom. The Bertz CT molecular complexity index is 499. The third-order valence-electron chi connectivity index (χ3n) is 1.82. The van der Waals surface area contributed by atoms with Crippen LogP contribution in [0.15, 0.2) is 9.98 Å². The van der Waals surface area contributed by atoms with Crippen molar-refractivity contribution in [3.05, 3.63) is 20.6 Å². The maximum atomic E-state index is 10.2. The minimum absolute atomic E-state index is 0.0114. The largest absolute Gasteiger partial charge is 0.240 e. The average Bonchev–Trinajstić information content (AvgIpc) is 2.28. The first-order valence-corrected chi connectivity index (χ1v) is 5.00. The van der Waals surface area contributed by atoms with E-state index in [-0.39, 0.29) is 26.4 Å². The van der Waals surface area contributed by atoms with Crippen molar-refractivity contribution in [2.24, 2.45) is 9.98 Å². The highest BCUT2D eigenvalue weighted by molar-refractivity contribution is 6.47. The SMILES string of the molecule is Cc1c(Cl)c(Cl)c(N=C=O)c(Cl)c1N=C=O. The number of rotatable bonds is 2. The summed E-state index contributed by atoms with van der Waals surface area (Å²) in [7, 11) is 0. The number of hydrogen-bond acceptors (Lipinski definition) is 4. The molecule has 0 atom stereocenters. The number of carbonyl (C=O) groups excluding carboxylic acids is 2. The highest BCUT2D eigenvalue weighted by atomic mass is 35.5. The van der Waals surface area contributed by atoms with Crippen LogP contribution < -0.4 is 0 Å². The summed E-state index contributed by atoms with van der Waals surface area (Å²) in [6.45, 7) is 1.57. The van der Waals surface area contributed by atoms with Gasteiger partial charge in [0.15, 0.2) is 0 Å². The second kappa shape index (κ2) is 5.26. The quantitative estimate of drug-likeness (QED) is 0.468. The van der Waals surface area contributed by atoms with Gasteiger partial charge < -0.3 is 0 Å². The van der Waals surface area contributed by atoms with E-state index >= 15 is 0 Å². The lowest BCUT2D eigenvalue weighted by molar-refractivity contribution is 0.565. The molecule has 0 radical (unpaired) electrons. The molecule has 0 saturated heterocycles. The van der Waals surface area contributed by atoms with Crippen LogP contribution >= 0.6 is 34.8 Å². The highest BCUT2D eigenvalue weighted by Crippen LogP contribution is 2.46. The molecule has 1 aromatic carbocycles. The predicted molar refractivity (Wildman–Crippen MR) is 61.8 cm³/mol. The average molecular weight is 277 g/mol. The van der Waals surface area contributed by atoms with E-state index in [0.29, 0.717) is 5.56 Å². The Balaban J connectivity index is 3.78. The van der Waals surface area contributed by atoms with Crippen LogP contribution in [0.4, 0.5) is 11.4 Å². The normalized spacial score (nSPS) is 9.25. The number of benzene rings is 1. The fourth-order valence-corrected chi connectivity index (χ4v) is 1.89. The van der Waals surface area contributed by atoms with Crippen LogP contribution in [0.25, 0.3) is 0 Å². The summed E-state index contributed by atoms with van der Waals surface area (Å²) in [6.07, 6.45) is 2.62. The summed E-state index contributed by atoms with van der Waals surface area (Å²) in [4.78, 5) is 27.1. The van der Waals surface area contributed by atoms with Crippen molar-refractivity contribution >= 4 is 58.3 Å². The van der Waals surface area contributed by atoms with E-state index in [1.54, 1.807) is 6.92 Å². The van der Waals surface area contributed by atoms with Crippen LogP contribution in [0.1, 0.15) is 5.56 Å². The van der Waals surface area contributed by atoms with Crippen molar-refractivity contribution in [2.75, 3.05) is 0 Å². The molecule has 0 aliphatic heterocycles. The molecule has 0 amide bonds. The zero-order chi connectivity index (χ0) is 12.3. The molecule has 0 heterocycles. The Morgan fingerprint density at radius 3 is 1.88 bits per heavy atom. The lowest BCUT2D eigenvalue weighted by Gasteiger charge is -2.08. The molecule has 0 N–H and O–H groups in total. The monoisotopic (exact) mass is 276 g/mol. The summed E-state index contributed by atoms with van der Waals surface area (Å²) in [5, 5.41) is 0.0880. The van der Waals surface area contributed by atoms with Gasteiger partial charge >= 0.3 is 0 Å². The van der Waals surface area contributed by atoms with Crippen molar-refractivity contribution in [1.29, 1.82) is 0 Å². The molecule has 0 aromatic heterocycles. The van der Waals surface area contributed by atoms with E-state index in [2.05, 4.69) is 9.98 Å². The minimum Gasteiger partial charge on any atom is -0.211 e. The van der Waals surface area contributed by atoms with Gasteiger partial charge in [0.2, 0.25) is 12.2 Å². The van der Waals surface area contributed by atoms with Gasteiger partial charge in [-0.05, 0) is 12.5 Å². The van der Waals surface area contributed by atoms with E-state index in [1.165, 1.54) is 12.2 Å². The van der Waals surface area contributed by atoms with Gasteiger partial charge in [0.1, 0.15) is 11.4 Å². The summed E-state index contributed by atoms with van der Waals surface area (Å²) >= 11 is 17.5. The fraction of sp³-hybridized carbons (Fsp3) is 0.111. The highest BCUT2D eigenvalue weighted by Gasteiger charge is 2.18. The molecule has 0 spiro atoms. The van der Waals surface area contributed by atoms with Gasteiger partial charge in [-0.2, -0.15) is 9.98 Å². The zero-order valence-electron chi connectivity index (χ0n) is 7.84. The lowest BCUT2D eigenvalue weighted by atomic mass is 10.2. The van der Waals surface area contributed by atoms with Crippen molar-refractivity contribution in [2.45, 2.75) is 6.92 Å². The van der Waals surface area contributed by atoms with Crippen LogP contribution in [-0.4, -0.2) is 12.2 Å². The molecule has 0 saturated carbocycles. The number of halogens is 3. The van der Waals surface area contributed by atoms with Crippen molar-refractivity contribution in [1.82, 2.24) is 0 Å². The first-order chi connectivity index (χ1) is 7.54. The smallest absolute Gasteiger partial charge is 0.211 e. The first kappa shape index (κ1) is 12.9. The predicted octanol–water partition coefficient (Wildman–Crippen LogP) is 3.89. The van der Waals surface area contributed by atoms with Gasteiger partial charge in [0, 0.05) is 0 Å². The minimum atomic E-state index is -0.0667. The third kappa shape index (κ3) is 2.17. The second-order valence-electron chi connectivity index (χ2n) is 2.67. The summed E-state index contributed by atoms with van der Waals surface area (Å²) in [6, 6.07) is 0. The van der Waals surface area contributed by atoms with Crippen molar-refractivity contribution in [3.63, 3.8) is 0 Å². The molecule has 0 aliphatic rings. The van der Waals surface area contributed by atoms with Crippen molar-refractivity contribution < 1.29 is 9.59 Å². The molecule has 1 rings (SSSR count). The summed E-state index contributed by atoms with van der Waals surface area (Å²) in [5.74, 6) is 0. The van der Waals surface area contributed by atoms with E-state index in [9.17, 15) is 9.59 Å². The topological polar surface area (TPSA) is 58.9 Å². The molecule has 1 aromatic rings. The van der Waals surface area contributed by atoms with E-state index in [1.807, 2.05) is 0 Å². The van der Waals surface area contributed by atoms with Crippen LogP contribution in [-0.2, 0) is 9.59 Å². The maximum Gasteiger partial charge on any atom is 0.240 e. The second-order valence-corrected chi connectivity index (χ2v) is 3.80. The van der Waals surface area contributed by atoms with Crippen LogP contribution in [0.5, 0.6) is 0 Å². The summed E-state index contributed by atoms with van der Waals surface area (Å²) < 4.78 is 0. The van der Waals surface area contributed by atoms with Crippen molar-refractivity contribution in [3.8, 4) is 0 Å². The van der Waals surface area contributed by atoms with E-state index in [4.69, 9.17) is 34.8 Å². The van der Waals surface area contributed by atoms with Gasteiger partial charge in [0.25, 0.3) is 0 Å². The van der Waals surface area contributed by atoms with Gasteiger partial charge in [-0.1, -0.05) is 34.8 Å². The Hall–Kier alpha value is -1.15. The van der Waals surface area contributed by atoms with Crippen LogP contribution in [0, 0.1) is 6.92 Å². The van der Waals surface area contributed by atoms with Crippen LogP contribution in [0.3, 0.4) is 0 Å². The van der Waals surface area contributed by atoms with Gasteiger partial charge in [-0.15, -0.1) is 0 Å². The van der Waals surface area contributed by atoms with Gasteiger partial charge in [-0.25, -0.2) is 9.59 Å². The number of aliphatic imine (C=N–C) groups is 2. The fourth-order valence-electron chi connectivity index (χ4n) is 1.07. The summed E-state index contributed by atoms with van der Waals surface area (Å²) in [5.41, 5.74) is 0.424. The Morgan fingerprint density at radius 2 is 1.38 bits per heavy atom. The number of hydrogen-bond donors (Lipinski definition) is 0. The van der Waals surface area contributed by atoms with Gasteiger partial charge in [-0.3, -0.25) is 0 Å². The molecule has 82 valence electrons. The Labute approximate surface area is 106 Å². The standard InChI is InChI=1S/C9H3Cl3N2O2/c1-4-5(10)6(11)9(14-3-16)7(12)8(4)13-2-15/h1H3. The molecule has 16 heavy (non-hydrogen) atoms. The zero-order valence-corrected chi connectivity index (χ0v) is 10.1. The molecule has 0 bridgehead atoms. The maximum absolute atomic E-state index is 10.2. The lowest BCUT2D eigenvalue weighted by Crippen LogP contribution is -1.83. The number of nitrogens with zero attached hydrogens (tertiary/aromatic N) is 2. The Kier molecular flexibility index (Phi) is 4.25. The van der Waals surface area contributed by atoms with Gasteiger partial charge in [0.05, 0.1) is 15.1 Å². The molecule has 0 fully saturated rings. The molecular weight excluding hydrogens is 274 g/mol. The van der Waals surface area contributed by atoms with E-state index < -0.39 is 0 Å². The first-order valence-electron chi connectivity index (χ1n) is 3.87. The molecular formula is C9H3Cl3N2O2. The van der Waals surface area contributed by atoms with E-state index in [0.717, 1.165) is 0 Å².